The van der Waals surface area contributed by atoms with E-state index in [0.717, 1.165) is 6.20 Å². The number of sulfonamides is 1. The number of aromatic nitrogens is 2. The number of aryl methyl sites for hydroxylation is 1. The zero-order chi connectivity index (χ0) is 24.5. The average molecular weight is 483 g/mol. The van der Waals surface area contributed by atoms with Crippen LogP contribution in [0.1, 0.15) is 5.56 Å². The Kier molecular flexibility index (Phi) is 6.01. The highest BCUT2D eigenvalue weighted by Crippen LogP contribution is 2.35. The topological polar surface area (TPSA) is 163 Å². The zero-order valence-electron chi connectivity index (χ0n) is 17.7. The molecule has 4 rings (SSSR count). The first-order valence-electron chi connectivity index (χ1n) is 9.80. The molecule has 0 spiro atoms. The molecule has 0 fully saturated rings. The molecule has 11 nitrogen and oxygen atoms in total. The van der Waals surface area contributed by atoms with Gasteiger partial charge in [-0.2, -0.15) is 10.2 Å². The van der Waals surface area contributed by atoms with Gasteiger partial charge < -0.3 is 15.4 Å². The van der Waals surface area contributed by atoms with Crippen LogP contribution in [0.4, 0.5) is 33.2 Å². The van der Waals surface area contributed by atoms with Crippen molar-refractivity contribution in [3.63, 3.8) is 0 Å². The van der Waals surface area contributed by atoms with Gasteiger partial charge in [-0.3, -0.25) is 9.69 Å². The van der Waals surface area contributed by atoms with E-state index in [4.69, 9.17) is 15.1 Å². The van der Waals surface area contributed by atoms with E-state index in [2.05, 4.69) is 20.6 Å². The molecule has 1 aliphatic rings. The lowest BCUT2D eigenvalue weighted by Crippen LogP contribution is -2.39. The number of carbonyl (C=O) groups is 1. The molecule has 34 heavy (non-hydrogen) atoms. The molecule has 13 heteroatoms. The van der Waals surface area contributed by atoms with Gasteiger partial charge in [-0.15, -0.1) is 0 Å². The number of fused-ring (bicyclic) bond motifs is 1. The molecule has 2 aromatic carbocycles. The Morgan fingerprint density at radius 3 is 2.71 bits per heavy atom. The number of ether oxygens (including phenoxy) is 1. The van der Waals surface area contributed by atoms with E-state index >= 15 is 0 Å². The van der Waals surface area contributed by atoms with Gasteiger partial charge in [-0.05, 0) is 42.8 Å². The highest BCUT2D eigenvalue weighted by molar-refractivity contribution is 7.89. The van der Waals surface area contributed by atoms with Gasteiger partial charge in [0.05, 0.1) is 22.8 Å². The maximum atomic E-state index is 14.4. The lowest BCUT2D eigenvalue weighted by Gasteiger charge is -2.27. The number of nitrogens with two attached hydrogens (primary N) is 1. The van der Waals surface area contributed by atoms with Crippen LogP contribution in [-0.2, 0) is 14.8 Å². The highest BCUT2D eigenvalue weighted by atomic mass is 32.2. The fourth-order valence-electron chi connectivity index (χ4n) is 3.29. The van der Waals surface area contributed by atoms with E-state index in [9.17, 15) is 17.6 Å². The Morgan fingerprint density at radius 1 is 1.24 bits per heavy atom. The third kappa shape index (κ3) is 4.72. The van der Waals surface area contributed by atoms with Crippen LogP contribution < -0.4 is 25.4 Å². The number of primary sulfonamides is 1. The number of nitrogens with one attached hydrogen (secondary N) is 2. The molecule has 1 amide bonds. The minimum atomic E-state index is -3.94. The van der Waals surface area contributed by atoms with Gasteiger partial charge in [0.25, 0.3) is 5.91 Å². The van der Waals surface area contributed by atoms with Gasteiger partial charge in [0.1, 0.15) is 12.3 Å². The lowest BCUT2D eigenvalue weighted by atomic mass is 10.2. The first-order valence-corrected chi connectivity index (χ1v) is 11.3. The molecule has 2 heterocycles. The molecular weight excluding hydrogens is 465 g/mol. The number of halogens is 1. The second-order valence-corrected chi connectivity index (χ2v) is 8.80. The third-order valence-corrected chi connectivity index (χ3v) is 5.94. The van der Waals surface area contributed by atoms with E-state index < -0.39 is 15.8 Å². The summed E-state index contributed by atoms with van der Waals surface area (Å²) in [5.41, 5.74) is 1.56. The van der Waals surface area contributed by atoms with Crippen molar-refractivity contribution in [2.75, 3.05) is 28.7 Å². The highest BCUT2D eigenvalue weighted by Gasteiger charge is 2.25. The van der Waals surface area contributed by atoms with Crippen molar-refractivity contribution < 1.29 is 22.3 Å². The molecule has 4 N–H and O–H groups in total. The Morgan fingerprint density at radius 2 is 1.97 bits per heavy atom. The van der Waals surface area contributed by atoms with Crippen molar-refractivity contribution in [1.82, 2.24) is 9.97 Å². The number of nitriles is 1. The van der Waals surface area contributed by atoms with E-state index in [-0.39, 0.29) is 35.7 Å². The summed E-state index contributed by atoms with van der Waals surface area (Å²) >= 11 is 0. The average Bonchev–Trinajstić information content (AvgIpc) is 2.78. The largest absolute Gasteiger partial charge is 0.482 e. The summed E-state index contributed by atoms with van der Waals surface area (Å²) in [6.45, 7) is 1.27. The minimum Gasteiger partial charge on any atom is -0.482 e. The van der Waals surface area contributed by atoms with Gasteiger partial charge in [0.15, 0.2) is 18.2 Å². The third-order valence-electron chi connectivity index (χ3n) is 4.89. The van der Waals surface area contributed by atoms with Crippen molar-refractivity contribution in [3.05, 3.63) is 54.0 Å². The van der Waals surface area contributed by atoms with Crippen LogP contribution in [0.15, 0.2) is 47.5 Å². The van der Waals surface area contributed by atoms with Crippen molar-refractivity contribution in [3.8, 4) is 11.8 Å². The van der Waals surface area contributed by atoms with E-state index in [1.807, 2.05) is 6.07 Å². The molecule has 0 atom stereocenters. The number of nitrogens with zero attached hydrogens (tertiary/aromatic N) is 4. The predicted octanol–water partition coefficient (Wildman–Crippen LogP) is 2.31. The van der Waals surface area contributed by atoms with E-state index in [0.29, 0.717) is 28.4 Å². The van der Waals surface area contributed by atoms with Crippen molar-refractivity contribution in [2.45, 2.75) is 11.8 Å². The molecule has 0 saturated heterocycles. The standard InChI is InChI=1S/C21H18FN7O4S/c1-12-2-3-14(9-18(12)34(24,31)32)27-21-25-10-15(22)20(28-21)26-13-4-5-17-16(8-13)29(7-6-23)19(30)11-33-17/h2-5,8-10H,7,11H2,1H3,(H2,24,31,32)(H2,25,26,27,28). The second kappa shape index (κ2) is 8.93. The fourth-order valence-corrected chi connectivity index (χ4v) is 4.10. The molecular formula is C21H18FN7O4S. The first-order chi connectivity index (χ1) is 16.2. The summed E-state index contributed by atoms with van der Waals surface area (Å²) < 4.78 is 43.3. The summed E-state index contributed by atoms with van der Waals surface area (Å²) in [6.07, 6.45) is 0.944. The monoisotopic (exact) mass is 483 g/mol. The van der Waals surface area contributed by atoms with Crippen LogP contribution in [-0.4, -0.2) is 37.4 Å². The van der Waals surface area contributed by atoms with Crippen molar-refractivity contribution in [1.29, 1.82) is 5.26 Å². The molecule has 0 unspecified atom stereocenters. The van der Waals surface area contributed by atoms with Gasteiger partial charge in [-0.1, -0.05) is 6.07 Å². The summed E-state index contributed by atoms with van der Waals surface area (Å²) in [6, 6.07) is 11.2. The first kappa shape index (κ1) is 22.9. The normalized spacial score (nSPS) is 13.0. The molecule has 174 valence electrons. The predicted molar refractivity (Wildman–Crippen MR) is 121 cm³/mol. The summed E-state index contributed by atoms with van der Waals surface area (Å²) in [5.74, 6) is -0.890. The zero-order valence-corrected chi connectivity index (χ0v) is 18.6. The Balaban J connectivity index is 1.61. The molecule has 1 aromatic heterocycles. The molecule has 0 aliphatic carbocycles. The number of amides is 1. The number of rotatable bonds is 6. The van der Waals surface area contributed by atoms with Crippen LogP contribution in [0.25, 0.3) is 0 Å². The van der Waals surface area contributed by atoms with E-state index in [1.54, 1.807) is 31.2 Å². The van der Waals surface area contributed by atoms with E-state index in [1.165, 1.54) is 17.0 Å². The van der Waals surface area contributed by atoms with Gasteiger partial charge in [0, 0.05) is 11.4 Å². The van der Waals surface area contributed by atoms with Gasteiger partial charge in [0.2, 0.25) is 16.0 Å². The van der Waals surface area contributed by atoms with Crippen molar-refractivity contribution in [2.24, 2.45) is 5.14 Å². The summed E-state index contributed by atoms with van der Waals surface area (Å²) in [5, 5.41) is 19.9. The molecule has 0 bridgehead atoms. The second-order valence-electron chi connectivity index (χ2n) is 7.27. The van der Waals surface area contributed by atoms with Gasteiger partial charge >= 0.3 is 0 Å². The molecule has 0 radical (unpaired) electrons. The summed E-state index contributed by atoms with van der Waals surface area (Å²) in [4.78, 5) is 21.3. The Bertz CT molecular complexity index is 1440. The van der Waals surface area contributed by atoms with Crippen LogP contribution in [0.5, 0.6) is 5.75 Å². The maximum Gasteiger partial charge on any atom is 0.265 e. The Labute approximate surface area is 194 Å². The summed E-state index contributed by atoms with van der Waals surface area (Å²) in [7, 11) is -3.94. The SMILES string of the molecule is Cc1ccc(Nc2ncc(F)c(Nc3ccc4c(c3)N(CC#N)C(=O)CO4)n2)cc1S(N)(=O)=O. The van der Waals surface area contributed by atoms with Crippen molar-refractivity contribution >= 4 is 44.8 Å². The lowest BCUT2D eigenvalue weighted by molar-refractivity contribution is -0.121. The molecule has 1 aliphatic heterocycles. The van der Waals surface area contributed by atoms with Crippen LogP contribution in [0.2, 0.25) is 0 Å². The number of benzene rings is 2. The number of anilines is 5. The molecule has 0 saturated carbocycles. The smallest absolute Gasteiger partial charge is 0.265 e. The van der Waals surface area contributed by atoms with Gasteiger partial charge in [-0.25, -0.2) is 22.9 Å². The number of carbonyl (C=O) groups excluding carboxylic acids is 1. The van der Waals surface area contributed by atoms with Crippen LogP contribution in [0.3, 0.4) is 0 Å². The van der Waals surface area contributed by atoms with Crippen LogP contribution in [0, 0.1) is 24.1 Å². The fraction of sp³-hybridized carbons (Fsp3) is 0.143. The Hall–Kier alpha value is -4.28. The molecule has 3 aromatic rings. The minimum absolute atomic E-state index is 0.00398. The maximum absolute atomic E-state index is 14.4. The number of hydrogen-bond acceptors (Lipinski definition) is 9. The van der Waals surface area contributed by atoms with Crippen LogP contribution >= 0.6 is 0 Å². The number of hydrogen-bond donors (Lipinski definition) is 3. The quantitative estimate of drug-likeness (QED) is 0.446.